The molecule has 1 aromatic carbocycles. The van der Waals surface area contributed by atoms with Crippen LogP contribution in [0, 0.1) is 0 Å². The molecule has 164 valence electrons. The molecule has 0 aliphatic carbocycles. The van der Waals surface area contributed by atoms with Crippen LogP contribution in [0.3, 0.4) is 0 Å². The highest BCUT2D eigenvalue weighted by atomic mass is 35.5. The average molecular weight is 447 g/mol. The Balaban J connectivity index is 0.00000210. The average Bonchev–Trinajstić information content (AvgIpc) is 2.70. The summed E-state index contributed by atoms with van der Waals surface area (Å²) in [4.78, 5) is 28.4. The van der Waals surface area contributed by atoms with Gasteiger partial charge in [0.2, 0.25) is 0 Å². The van der Waals surface area contributed by atoms with E-state index in [1.807, 2.05) is 29.2 Å². The van der Waals surface area contributed by atoms with Crippen molar-refractivity contribution in [2.75, 3.05) is 51.2 Å². The molecule has 0 bridgehead atoms. The van der Waals surface area contributed by atoms with Crippen LogP contribution in [0.15, 0.2) is 24.3 Å². The summed E-state index contributed by atoms with van der Waals surface area (Å²) in [6.45, 7) is 7.77. The Morgan fingerprint density at radius 3 is 2.28 bits per heavy atom. The summed E-state index contributed by atoms with van der Waals surface area (Å²) in [6, 6.07) is 7.96. The molecule has 2 aliphatic rings. The third-order valence-electron chi connectivity index (χ3n) is 5.29. The Bertz CT molecular complexity index is 631. The molecule has 2 aliphatic heterocycles. The lowest BCUT2D eigenvalue weighted by atomic mass is 10.0. The van der Waals surface area contributed by atoms with Gasteiger partial charge in [-0.05, 0) is 50.6 Å². The lowest BCUT2D eigenvalue weighted by molar-refractivity contribution is -0.142. The number of carbonyl (C=O) groups is 2. The fourth-order valence-electron chi connectivity index (χ4n) is 3.75. The maximum absolute atomic E-state index is 12.5. The number of rotatable bonds is 5. The predicted octanol–water partition coefficient (Wildman–Crippen LogP) is 2.54. The number of amides is 2. The van der Waals surface area contributed by atoms with Gasteiger partial charge in [0.05, 0.1) is 13.0 Å². The van der Waals surface area contributed by atoms with Gasteiger partial charge in [0.25, 0.3) is 0 Å². The Morgan fingerprint density at radius 1 is 1.07 bits per heavy atom. The molecule has 2 heterocycles. The van der Waals surface area contributed by atoms with E-state index in [-0.39, 0.29) is 43.2 Å². The second-order valence-corrected chi connectivity index (χ2v) is 7.11. The lowest BCUT2D eigenvalue weighted by Crippen LogP contribution is -2.54. The molecule has 9 heteroatoms. The van der Waals surface area contributed by atoms with Crippen molar-refractivity contribution >= 4 is 42.5 Å². The largest absolute Gasteiger partial charge is 0.466 e. The van der Waals surface area contributed by atoms with E-state index in [1.54, 1.807) is 6.92 Å². The zero-order valence-electron chi connectivity index (χ0n) is 16.9. The number of urea groups is 1. The molecular weight excluding hydrogens is 415 g/mol. The molecule has 0 unspecified atom stereocenters. The van der Waals surface area contributed by atoms with E-state index in [0.29, 0.717) is 12.6 Å². The summed E-state index contributed by atoms with van der Waals surface area (Å²) in [7, 11) is 0. The fourth-order valence-corrected chi connectivity index (χ4v) is 3.75. The number of anilines is 1. The molecule has 2 saturated heterocycles. The topological polar surface area (TPSA) is 73.9 Å². The number of halogens is 2. The number of benzene rings is 1. The summed E-state index contributed by atoms with van der Waals surface area (Å²) in [5, 5.41) is 6.36. The summed E-state index contributed by atoms with van der Waals surface area (Å²) in [6.07, 6.45) is 2.65. The third kappa shape index (κ3) is 7.66. The Morgan fingerprint density at radius 2 is 1.69 bits per heavy atom. The van der Waals surface area contributed by atoms with Crippen molar-refractivity contribution in [1.82, 2.24) is 15.1 Å². The summed E-state index contributed by atoms with van der Waals surface area (Å²) in [5.41, 5.74) is 1.62. The first kappa shape index (κ1) is 25.5. The number of carbonyl (C=O) groups excluding carboxylic acids is 2. The zero-order valence-corrected chi connectivity index (χ0v) is 18.5. The number of hydrogen-bond acceptors (Lipinski definition) is 5. The molecule has 2 amide bonds. The van der Waals surface area contributed by atoms with E-state index in [2.05, 4.69) is 15.5 Å². The predicted molar refractivity (Wildman–Crippen MR) is 119 cm³/mol. The van der Waals surface area contributed by atoms with Crippen LogP contribution in [0.4, 0.5) is 10.5 Å². The Hall–Kier alpha value is -1.54. The maximum Gasteiger partial charge on any atom is 0.321 e. The molecule has 1 aromatic rings. The molecule has 2 fully saturated rings. The minimum absolute atomic E-state index is 0. The van der Waals surface area contributed by atoms with E-state index in [0.717, 1.165) is 50.5 Å². The van der Waals surface area contributed by atoms with Crippen molar-refractivity contribution in [2.45, 2.75) is 32.2 Å². The molecule has 7 nitrogen and oxygen atoms in total. The van der Waals surface area contributed by atoms with Gasteiger partial charge >= 0.3 is 12.0 Å². The maximum atomic E-state index is 12.5. The molecular formula is C20H32Cl2N4O3. The number of hydrogen-bond donors (Lipinski definition) is 2. The van der Waals surface area contributed by atoms with Crippen LogP contribution in [-0.4, -0.2) is 73.7 Å². The van der Waals surface area contributed by atoms with Crippen LogP contribution in [0.2, 0.25) is 0 Å². The number of piperidine rings is 1. The van der Waals surface area contributed by atoms with Gasteiger partial charge in [0.15, 0.2) is 0 Å². The monoisotopic (exact) mass is 446 g/mol. The van der Waals surface area contributed by atoms with E-state index >= 15 is 0 Å². The van der Waals surface area contributed by atoms with Gasteiger partial charge in [-0.25, -0.2) is 4.79 Å². The van der Waals surface area contributed by atoms with Crippen molar-refractivity contribution in [2.24, 2.45) is 0 Å². The first-order chi connectivity index (χ1) is 13.2. The molecule has 2 N–H and O–H groups in total. The highest BCUT2D eigenvalue weighted by Crippen LogP contribution is 2.16. The van der Waals surface area contributed by atoms with Crippen LogP contribution in [0.1, 0.15) is 25.3 Å². The molecule has 0 spiro atoms. The Labute approximate surface area is 185 Å². The summed E-state index contributed by atoms with van der Waals surface area (Å²) in [5.74, 6) is -0.235. The van der Waals surface area contributed by atoms with Crippen molar-refractivity contribution in [3.05, 3.63) is 29.8 Å². The second kappa shape index (κ2) is 12.9. The van der Waals surface area contributed by atoms with Crippen LogP contribution < -0.4 is 10.6 Å². The van der Waals surface area contributed by atoms with Gasteiger partial charge in [-0.2, -0.15) is 0 Å². The van der Waals surface area contributed by atoms with E-state index < -0.39 is 0 Å². The number of nitrogens with one attached hydrogen (secondary N) is 2. The van der Waals surface area contributed by atoms with Gasteiger partial charge in [-0.3, -0.25) is 9.69 Å². The quantitative estimate of drug-likeness (QED) is 0.679. The number of ether oxygens (including phenoxy) is 1. The highest BCUT2D eigenvalue weighted by Gasteiger charge is 2.26. The minimum atomic E-state index is -0.235. The highest BCUT2D eigenvalue weighted by molar-refractivity contribution is 5.89. The third-order valence-corrected chi connectivity index (χ3v) is 5.29. The molecule has 0 aromatic heterocycles. The molecule has 29 heavy (non-hydrogen) atoms. The van der Waals surface area contributed by atoms with Gasteiger partial charge in [0.1, 0.15) is 0 Å². The van der Waals surface area contributed by atoms with E-state index in [1.165, 1.54) is 12.8 Å². The van der Waals surface area contributed by atoms with Gasteiger partial charge in [0, 0.05) is 37.9 Å². The van der Waals surface area contributed by atoms with Gasteiger partial charge in [-0.15, -0.1) is 24.8 Å². The van der Waals surface area contributed by atoms with Gasteiger partial charge < -0.3 is 20.3 Å². The molecule has 0 atom stereocenters. The first-order valence-corrected chi connectivity index (χ1v) is 9.91. The van der Waals surface area contributed by atoms with Crippen molar-refractivity contribution < 1.29 is 14.3 Å². The normalized spacial score (nSPS) is 17.6. The van der Waals surface area contributed by atoms with Crippen LogP contribution >= 0.6 is 24.8 Å². The van der Waals surface area contributed by atoms with Crippen LogP contribution in [0.5, 0.6) is 0 Å². The summed E-state index contributed by atoms with van der Waals surface area (Å²) < 4.78 is 4.95. The first-order valence-electron chi connectivity index (χ1n) is 9.91. The second-order valence-electron chi connectivity index (χ2n) is 7.11. The SMILES string of the molecule is CCOC(=O)Cc1ccc(NC(=O)N2CCN(C3CCNCC3)CC2)cc1.Cl.Cl. The van der Waals surface area contributed by atoms with Crippen LogP contribution in [0.25, 0.3) is 0 Å². The van der Waals surface area contributed by atoms with Crippen molar-refractivity contribution in [3.63, 3.8) is 0 Å². The van der Waals surface area contributed by atoms with Crippen molar-refractivity contribution in [1.29, 1.82) is 0 Å². The molecule has 0 saturated carbocycles. The molecule has 0 radical (unpaired) electrons. The lowest BCUT2D eigenvalue weighted by Gasteiger charge is -2.40. The minimum Gasteiger partial charge on any atom is -0.466 e. The molecule has 3 rings (SSSR count). The number of nitrogens with zero attached hydrogens (tertiary/aromatic N) is 2. The van der Waals surface area contributed by atoms with E-state index in [4.69, 9.17) is 4.74 Å². The summed E-state index contributed by atoms with van der Waals surface area (Å²) >= 11 is 0. The van der Waals surface area contributed by atoms with Gasteiger partial charge in [-0.1, -0.05) is 12.1 Å². The van der Waals surface area contributed by atoms with E-state index in [9.17, 15) is 9.59 Å². The smallest absolute Gasteiger partial charge is 0.321 e. The zero-order chi connectivity index (χ0) is 19.1. The number of piperazine rings is 1. The van der Waals surface area contributed by atoms with Crippen LogP contribution in [-0.2, 0) is 16.0 Å². The van der Waals surface area contributed by atoms with Crippen molar-refractivity contribution in [3.8, 4) is 0 Å². The Kier molecular flexibility index (Phi) is 11.3. The fraction of sp³-hybridized carbons (Fsp3) is 0.600. The number of esters is 1. The standard InChI is InChI=1S/C20H30N4O3.2ClH/c1-2-27-19(25)15-16-3-5-17(6-4-16)22-20(26)24-13-11-23(12-14-24)18-7-9-21-10-8-18;;/h3-6,18,21H,2,7-15H2,1H3,(H,22,26);2*1H.